The Morgan fingerprint density at radius 2 is 1.87 bits per heavy atom. The van der Waals surface area contributed by atoms with Gasteiger partial charge in [0, 0.05) is 42.6 Å². The summed E-state index contributed by atoms with van der Waals surface area (Å²) in [5.74, 6) is 0.164. The van der Waals surface area contributed by atoms with Crippen molar-refractivity contribution in [1.82, 2.24) is 15.1 Å². The summed E-state index contributed by atoms with van der Waals surface area (Å²) in [6, 6.07) is 16.4. The number of carbonyl (C=O) groups excluding carboxylic acids is 2. The van der Waals surface area contributed by atoms with Crippen LogP contribution < -0.4 is 5.32 Å². The fourth-order valence-corrected chi connectivity index (χ4v) is 4.27. The molecular formula is C22H19ClN4O3. The minimum atomic E-state index is -0.626. The van der Waals surface area contributed by atoms with Crippen LogP contribution in [-0.4, -0.2) is 40.2 Å². The quantitative estimate of drug-likeness (QED) is 0.598. The maximum atomic E-state index is 12.7. The van der Waals surface area contributed by atoms with Gasteiger partial charge in [-0.05, 0) is 23.8 Å². The lowest BCUT2D eigenvalue weighted by molar-refractivity contribution is -0.0363. The Bertz CT molecular complexity index is 1120. The molecule has 7 nitrogen and oxygen atoms in total. The number of aromatic amines is 1. The van der Waals surface area contributed by atoms with Gasteiger partial charge >= 0.3 is 12.0 Å². The van der Waals surface area contributed by atoms with Crippen molar-refractivity contribution in [3.05, 3.63) is 70.7 Å². The first kappa shape index (κ1) is 18.7. The molecule has 3 aromatic rings. The summed E-state index contributed by atoms with van der Waals surface area (Å²) in [6.07, 6.45) is 1.14. The van der Waals surface area contributed by atoms with Gasteiger partial charge in [-0.25, -0.2) is 9.59 Å². The summed E-state index contributed by atoms with van der Waals surface area (Å²) in [5, 5.41) is 10.6. The number of hydrogen-bond donors (Lipinski definition) is 2. The highest BCUT2D eigenvalue weighted by atomic mass is 35.5. The zero-order chi connectivity index (χ0) is 20.7. The third-order valence-corrected chi connectivity index (χ3v) is 6.00. The first-order valence-electron chi connectivity index (χ1n) is 9.74. The Hall–Kier alpha value is -3.32. The second-order valence-electron chi connectivity index (χ2n) is 7.52. The van der Waals surface area contributed by atoms with Gasteiger partial charge in [-0.3, -0.25) is 10.4 Å². The van der Waals surface area contributed by atoms with E-state index in [0.717, 1.165) is 16.8 Å². The van der Waals surface area contributed by atoms with Crippen LogP contribution in [0.5, 0.6) is 0 Å². The molecule has 1 fully saturated rings. The number of hydrogen-bond acceptors (Lipinski definition) is 4. The predicted octanol–water partition coefficient (Wildman–Crippen LogP) is 4.42. The van der Waals surface area contributed by atoms with Crippen LogP contribution >= 0.6 is 11.6 Å². The van der Waals surface area contributed by atoms with E-state index >= 15 is 0 Å². The number of urea groups is 1. The second-order valence-corrected chi connectivity index (χ2v) is 7.96. The molecule has 0 bridgehead atoms. The lowest BCUT2D eigenvalue weighted by Gasteiger charge is -2.38. The number of ether oxygens (including phenoxy) is 1. The van der Waals surface area contributed by atoms with Gasteiger partial charge in [-0.2, -0.15) is 5.10 Å². The highest BCUT2D eigenvalue weighted by Crippen LogP contribution is 2.44. The molecule has 2 aromatic carbocycles. The third-order valence-electron chi connectivity index (χ3n) is 5.75. The number of rotatable bonds is 2. The molecule has 0 unspecified atom stereocenters. The van der Waals surface area contributed by atoms with Gasteiger partial charge in [-0.1, -0.05) is 41.9 Å². The topological polar surface area (TPSA) is 87.3 Å². The van der Waals surface area contributed by atoms with Crippen LogP contribution in [0.2, 0.25) is 5.02 Å². The van der Waals surface area contributed by atoms with E-state index in [1.54, 1.807) is 29.2 Å². The number of anilines is 1. The normalized spacial score (nSPS) is 17.0. The summed E-state index contributed by atoms with van der Waals surface area (Å²) in [4.78, 5) is 26.6. The highest BCUT2D eigenvalue weighted by molar-refractivity contribution is 6.30. The van der Waals surface area contributed by atoms with Crippen molar-refractivity contribution in [2.45, 2.75) is 18.4 Å². The number of amides is 2. The van der Waals surface area contributed by atoms with Crippen molar-refractivity contribution in [2.75, 3.05) is 18.4 Å². The summed E-state index contributed by atoms with van der Waals surface area (Å²) in [7, 11) is 0. The largest absolute Gasteiger partial charge is 0.450 e. The van der Waals surface area contributed by atoms with Crippen molar-refractivity contribution in [1.29, 1.82) is 0 Å². The van der Waals surface area contributed by atoms with E-state index in [9.17, 15) is 9.59 Å². The minimum Gasteiger partial charge on any atom is -0.450 e. The predicted molar refractivity (Wildman–Crippen MR) is 112 cm³/mol. The number of benzene rings is 2. The van der Waals surface area contributed by atoms with Gasteiger partial charge in [0.15, 0.2) is 5.82 Å². The Labute approximate surface area is 178 Å². The molecule has 5 rings (SSSR count). The van der Waals surface area contributed by atoms with Gasteiger partial charge in [0.2, 0.25) is 0 Å². The number of esters is 1. The molecule has 2 aliphatic rings. The first-order valence-corrected chi connectivity index (χ1v) is 10.1. The second kappa shape index (κ2) is 7.18. The maximum Gasteiger partial charge on any atom is 0.339 e. The number of carbonyl (C=O) groups is 2. The number of halogens is 1. The third kappa shape index (κ3) is 3.21. The minimum absolute atomic E-state index is 0.225. The Morgan fingerprint density at radius 3 is 2.63 bits per heavy atom. The lowest BCUT2D eigenvalue weighted by atomic mass is 9.84. The smallest absolute Gasteiger partial charge is 0.339 e. The molecular weight excluding hydrogens is 404 g/mol. The van der Waals surface area contributed by atoms with Gasteiger partial charge in [-0.15, -0.1) is 0 Å². The number of piperidine rings is 1. The monoisotopic (exact) mass is 422 g/mol. The van der Waals surface area contributed by atoms with Crippen LogP contribution in [0.3, 0.4) is 0 Å². The summed E-state index contributed by atoms with van der Waals surface area (Å²) < 4.78 is 5.74. The van der Waals surface area contributed by atoms with Crippen molar-refractivity contribution in [3.8, 4) is 11.3 Å². The molecule has 0 aliphatic carbocycles. The van der Waals surface area contributed by atoms with Crippen LogP contribution in [0.15, 0.2) is 54.6 Å². The van der Waals surface area contributed by atoms with Crippen LogP contribution in [0, 0.1) is 0 Å². The molecule has 2 amide bonds. The highest BCUT2D eigenvalue weighted by Gasteiger charge is 2.47. The number of aromatic nitrogens is 2. The molecule has 3 heterocycles. The Morgan fingerprint density at radius 1 is 1.13 bits per heavy atom. The lowest BCUT2D eigenvalue weighted by Crippen LogP contribution is -2.46. The van der Waals surface area contributed by atoms with Crippen LogP contribution in [-0.2, 0) is 10.3 Å². The molecule has 8 heteroatoms. The molecule has 0 atom stereocenters. The van der Waals surface area contributed by atoms with Gasteiger partial charge in [0.05, 0.1) is 11.3 Å². The Balaban J connectivity index is 1.24. The van der Waals surface area contributed by atoms with Gasteiger partial charge < -0.3 is 9.64 Å². The molecule has 152 valence electrons. The van der Waals surface area contributed by atoms with E-state index in [4.69, 9.17) is 16.3 Å². The number of nitrogens with one attached hydrogen (secondary N) is 2. The summed E-state index contributed by atoms with van der Waals surface area (Å²) in [5.41, 5.74) is 2.64. The molecule has 2 N–H and O–H groups in total. The zero-order valence-corrected chi connectivity index (χ0v) is 16.8. The average Bonchev–Trinajstić information content (AvgIpc) is 3.33. The van der Waals surface area contributed by atoms with Crippen LogP contribution in [0.4, 0.5) is 10.6 Å². The van der Waals surface area contributed by atoms with Crippen molar-refractivity contribution in [2.24, 2.45) is 0 Å². The molecule has 30 heavy (non-hydrogen) atoms. The van der Waals surface area contributed by atoms with Crippen LogP contribution in [0.1, 0.15) is 28.8 Å². The fourth-order valence-electron chi connectivity index (χ4n) is 4.14. The first-order chi connectivity index (χ1) is 14.5. The number of fused-ring (bicyclic) bond motifs is 2. The van der Waals surface area contributed by atoms with Crippen molar-refractivity contribution in [3.63, 3.8) is 0 Å². The van der Waals surface area contributed by atoms with Crippen molar-refractivity contribution < 1.29 is 14.3 Å². The zero-order valence-electron chi connectivity index (χ0n) is 16.0. The summed E-state index contributed by atoms with van der Waals surface area (Å²) in [6.45, 7) is 0.976. The number of nitrogens with zero attached hydrogens (tertiary/aromatic N) is 2. The fraction of sp³-hybridized carbons (Fsp3) is 0.227. The maximum absolute atomic E-state index is 12.7. The Kier molecular flexibility index (Phi) is 4.47. The average molecular weight is 423 g/mol. The molecule has 0 saturated carbocycles. The van der Waals surface area contributed by atoms with E-state index in [-0.39, 0.29) is 12.0 Å². The van der Waals surface area contributed by atoms with Gasteiger partial charge in [0.25, 0.3) is 0 Å². The standard InChI is InChI=1S/C22H19ClN4O3/c23-15-7-5-14(6-8-15)18-13-19(26-25-18)24-21(29)27-11-9-22(10-12-27)17-4-2-1-3-16(17)20(28)30-22/h1-8,13H,9-12H2,(H2,24,25,26,29). The SMILES string of the molecule is O=C1OC2(CCN(C(=O)Nc3cc(-c4ccc(Cl)cc4)[nH]n3)CC2)c2ccccc21. The summed E-state index contributed by atoms with van der Waals surface area (Å²) >= 11 is 5.92. The molecule has 2 aliphatic heterocycles. The van der Waals surface area contributed by atoms with E-state index in [2.05, 4.69) is 15.5 Å². The molecule has 1 saturated heterocycles. The van der Waals surface area contributed by atoms with E-state index < -0.39 is 5.60 Å². The van der Waals surface area contributed by atoms with E-state index in [0.29, 0.717) is 42.3 Å². The number of likely N-dealkylation sites (tertiary alicyclic amines) is 1. The molecule has 1 aromatic heterocycles. The van der Waals surface area contributed by atoms with Crippen molar-refractivity contribution >= 4 is 29.4 Å². The van der Waals surface area contributed by atoms with E-state index in [1.807, 2.05) is 30.3 Å². The van der Waals surface area contributed by atoms with Crippen LogP contribution in [0.25, 0.3) is 11.3 Å². The molecule has 1 spiro atoms. The van der Waals surface area contributed by atoms with E-state index in [1.165, 1.54) is 0 Å². The number of H-pyrrole nitrogens is 1. The van der Waals surface area contributed by atoms with Gasteiger partial charge in [0.1, 0.15) is 5.60 Å². The molecule has 0 radical (unpaired) electrons.